The molecule has 1 amide bonds. The van der Waals surface area contributed by atoms with Gasteiger partial charge in [0.2, 0.25) is 5.91 Å². The Kier molecular flexibility index (Phi) is 8.53. The van der Waals surface area contributed by atoms with Crippen LogP contribution in [0.4, 0.5) is 10.5 Å². The van der Waals surface area contributed by atoms with Gasteiger partial charge in [0.05, 0.1) is 12.6 Å². The van der Waals surface area contributed by atoms with Gasteiger partial charge in [0.1, 0.15) is 18.0 Å². The fourth-order valence-corrected chi connectivity index (χ4v) is 3.39. The Morgan fingerprint density at radius 1 is 1.14 bits per heavy atom. The molecule has 1 heterocycles. The lowest BCUT2D eigenvalue weighted by Crippen LogP contribution is -2.27. The molecule has 2 aromatic carbocycles. The first-order chi connectivity index (χ1) is 16.5. The van der Waals surface area contributed by atoms with Crippen LogP contribution in [0.1, 0.15) is 26.3 Å². The van der Waals surface area contributed by atoms with E-state index in [0.29, 0.717) is 35.2 Å². The summed E-state index contributed by atoms with van der Waals surface area (Å²) in [5, 5.41) is 7.60. The molecule has 1 aromatic heterocycles. The fourth-order valence-electron chi connectivity index (χ4n) is 3.19. The van der Waals surface area contributed by atoms with E-state index in [0.717, 1.165) is 15.8 Å². The normalized spacial score (nSPS) is 11.4. The highest BCUT2D eigenvalue weighted by Gasteiger charge is 2.20. The molecular formula is C26H31ClN4O4. The number of ether oxygens (including phenoxy) is 2. The lowest BCUT2D eigenvalue weighted by Gasteiger charge is -2.18. The molecule has 1 N–H and O–H groups in total. The van der Waals surface area contributed by atoms with Gasteiger partial charge in [-0.15, -0.1) is 0 Å². The van der Waals surface area contributed by atoms with E-state index < -0.39 is 11.7 Å². The van der Waals surface area contributed by atoms with Crippen molar-refractivity contribution in [2.45, 2.75) is 32.8 Å². The summed E-state index contributed by atoms with van der Waals surface area (Å²) in [5.41, 5.74) is 2.13. The molecule has 9 heteroatoms. The van der Waals surface area contributed by atoms with E-state index in [1.165, 1.54) is 0 Å². The smallest absolute Gasteiger partial charge is 0.435 e. The van der Waals surface area contributed by atoms with Gasteiger partial charge in [-0.05, 0) is 58.6 Å². The first kappa shape index (κ1) is 26.2. The first-order valence-corrected chi connectivity index (χ1v) is 11.6. The molecule has 8 nitrogen and oxygen atoms in total. The third-order valence-corrected chi connectivity index (χ3v) is 5.21. The Labute approximate surface area is 210 Å². The summed E-state index contributed by atoms with van der Waals surface area (Å²) < 4.78 is 12.6. The Bertz CT molecular complexity index is 1180. The standard InChI is InChI=1S/C26H31ClN4O4/c1-26(2,3)35-25(33)31-17-19(16-28-31)21-11-10-20(15-23(21)34-13-12-30(4)5)29-24(32)14-18-8-6-7-9-22(18)27/h6-11,15-17H,12-14H2,1-5H3,(H,29,32). The number of halogens is 1. The molecule has 3 aromatic rings. The second-order valence-corrected chi connectivity index (χ2v) is 9.74. The fraction of sp³-hybridized carbons (Fsp3) is 0.346. The minimum atomic E-state index is -0.631. The molecule has 0 atom stereocenters. The van der Waals surface area contributed by atoms with Crippen LogP contribution in [-0.4, -0.2) is 59.5 Å². The highest BCUT2D eigenvalue weighted by atomic mass is 35.5. The van der Waals surface area contributed by atoms with E-state index in [4.69, 9.17) is 21.1 Å². The summed E-state index contributed by atoms with van der Waals surface area (Å²) in [7, 11) is 3.92. The van der Waals surface area contributed by atoms with Gasteiger partial charge < -0.3 is 19.7 Å². The maximum atomic E-state index is 12.6. The van der Waals surface area contributed by atoms with Gasteiger partial charge in [-0.25, -0.2) is 4.79 Å². The van der Waals surface area contributed by atoms with Crippen molar-refractivity contribution in [1.29, 1.82) is 0 Å². The zero-order valence-corrected chi connectivity index (χ0v) is 21.4. The maximum Gasteiger partial charge on any atom is 0.435 e. The van der Waals surface area contributed by atoms with Gasteiger partial charge in [0.25, 0.3) is 0 Å². The zero-order chi connectivity index (χ0) is 25.6. The van der Waals surface area contributed by atoms with Crippen LogP contribution in [0.2, 0.25) is 5.02 Å². The van der Waals surface area contributed by atoms with Crippen LogP contribution in [0.15, 0.2) is 54.9 Å². The van der Waals surface area contributed by atoms with Gasteiger partial charge in [-0.3, -0.25) is 4.79 Å². The van der Waals surface area contributed by atoms with Crippen LogP contribution < -0.4 is 10.1 Å². The monoisotopic (exact) mass is 498 g/mol. The van der Waals surface area contributed by atoms with Crippen LogP contribution in [0, 0.1) is 0 Å². The number of benzene rings is 2. The molecule has 0 saturated carbocycles. The summed E-state index contributed by atoms with van der Waals surface area (Å²) in [4.78, 5) is 27.0. The van der Waals surface area contributed by atoms with Crippen LogP contribution in [0.25, 0.3) is 11.1 Å². The summed E-state index contributed by atoms with van der Waals surface area (Å²) in [6, 6.07) is 12.6. The van der Waals surface area contributed by atoms with Gasteiger partial charge >= 0.3 is 6.09 Å². The average Bonchev–Trinajstić information content (AvgIpc) is 3.24. The van der Waals surface area contributed by atoms with Crippen LogP contribution in [0.3, 0.4) is 0 Å². The highest BCUT2D eigenvalue weighted by molar-refractivity contribution is 6.31. The molecule has 0 aliphatic carbocycles. The molecule has 186 valence electrons. The van der Waals surface area contributed by atoms with Crippen molar-refractivity contribution in [3.05, 3.63) is 65.4 Å². The van der Waals surface area contributed by atoms with E-state index in [9.17, 15) is 9.59 Å². The Morgan fingerprint density at radius 2 is 1.89 bits per heavy atom. The molecule has 0 aliphatic rings. The molecular weight excluding hydrogens is 468 g/mol. The van der Waals surface area contributed by atoms with Crippen LogP contribution >= 0.6 is 11.6 Å². The maximum absolute atomic E-state index is 12.6. The van der Waals surface area contributed by atoms with E-state index in [1.54, 1.807) is 51.4 Å². The van der Waals surface area contributed by atoms with Crippen molar-refractivity contribution in [2.24, 2.45) is 0 Å². The van der Waals surface area contributed by atoms with Crippen molar-refractivity contribution < 1.29 is 19.1 Å². The molecule has 0 unspecified atom stereocenters. The second kappa shape index (κ2) is 11.4. The number of aromatic nitrogens is 2. The quantitative estimate of drug-likeness (QED) is 0.464. The van der Waals surface area contributed by atoms with E-state index in [1.807, 2.05) is 43.3 Å². The van der Waals surface area contributed by atoms with Crippen molar-refractivity contribution in [2.75, 3.05) is 32.6 Å². The summed E-state index contributed by atoms with van der Waals surface area (Å²) in [5.74, 6) is 0.369. The van der Waals surface area contributed by atoms with Crippen LogP contribution in [0.5, 0.6) is 5.75 Å². The lowest BCUT2D eigenvalue weighted by atomic mass is 10.1. The topological polar surface area (TPSA) is 85.7 Å². The Morgan fingerprint density at radius 3 is 2.57 bits per heavy atom. The minimum absolute atomic E-state index is 0.154. The van der Waals surface area contributed by atoms with Crippen molar-refractivity contribution in [1.82, 2.24) is 14.7 Å². The van der Waals surface area contributed by atoms with Gasteiger partial charge in [-0.2, -0.15) is 9.78 Å². The molecule has 0 saturated heterocycles. The van der Waals surface area contributed by atoms with Crippen molar-refractivity contribution in [3.63, 3.8) is 0 Å². The number of carbonyl (C=O) groups is 2. The lowest BCUT2D eigenvalue weighted by molar-refractivity contribution is -0.115. The predicted molar refractivity (Wildman–Crippen MR) is 137 cm³/mol. The zero-order valence-electron chi connectivity index (χ0n) is 20.7. The number of hydrogen-bond acceptors (Lipinski definition) is 6. The molecule has 3 rings (SSSR count). The molecule has 0 fully saturated rings. The van der Waals surface area contributed by atoms with Gasteiger partial charge in [0, 0.05) is 40.6 Å². The molecule has 35 heavy (non-hydrogen) atoms. The number of rotatable bonds is 8. The van der Waals surface area contributed by atoms with Gasteiger partial charge in [-0.1, -0.05) is 29.8 Å². The summed E-state index contributed by atoms with van der Waals surface area (Å²) in [6.45, 7) is 6.54. The molecule has 0 bridgehead atoms. The summed E-state index contributed by atoms with van der Waals surface area (Å²) >= 11 is 6.18. The SMILES string of the molecule is CN(C)CCOc1cc(NC(=O)Cc2ccccc2Cl)ccc1-c1cnn(C(=O)OC(C)(C)C)c1. The molecule has 0 aliphatic heterocycles. The first-order valence-electron chi connectivity index (χ1n) is 11.2. The minimum Gasteiger partial charge on any atom is -0.492 e. The number of nitrogens with one attached hydrogen (secondary N) is 1. The average molecular weight is 499 g/mol. The summed E-state index contributed by atoms with van der Waals surface area (Å²) in [6.07, 6.45) is 2.76. The Hall–Kier alpha value is -3.36. The predicted octanol–water partition coefficient (Wildman–Crippen LogP) is 5.11. The van der Waals surface area contributed by atoms with Gasteiger partial charge in [0.15, 0.2) is 0 Å². The van der Waals surface area contributed by atoms with E-state index >= 15 is 0 Å². The van der Waals surface area contributed by atoms with E-state index in [-0.39, 0.29) is 12.3 Å². The number of anilines is 1. The number of amides is 1. The molecule has 0 spiro atoms. The third kappa shape index (κ3) is 7.83. The van der Waals surface area contributed by atoms with Crippen molar-refractivity contribution >= 4 is 29.3 Å². The third-order valence-electron chi connectivity index (χ3n) is 4.84. The number of carbonyl (C=O) groups excluding carboxylic acids is 2. The number of hydrogen-bond donors (Lipinski definition) is 1. The van der Waals surface area contributed by atoms with Crippen molar-refractivity contribution in [3.8, 4) is 16.9 Å². The van der Waals surface area contributed by atoms with Crippen LogP contribution in [-0.2, 0) is 16.0 Å². The molecule has 0 radical (unpaired) electrons. The second-order valence-electron chi connectivity index (χ2n) is 9.33. The largest absolute Gasteiger partial charge is 0.492 e. The highest BCUT2D eigenvalue weighted by Crippen LogP contribution is 2.33. The Balaban J connectivity index is 1.82. The van der Waals surface area contributed by atoms with E-state index in [2.05, 4.69) is 10.4 Å². The number of nitrogens with zero attached hydrogens (tertiary/aromatic N) is 3. The number of likely N-dealkylation sites (N-methyl/N-ethyl adjacent to an activating group) is 1.